The molecule has 0 aromatic heterocycles. The van der Waals surface area contributed by atoms with E-state index in [-0.39, 0.29) is 5.38 Å². The highest BCUT2D eigenvalue weighted by Crippen LogP contribution is 2.28. The standard InChI is InChI=1S/C12H17Cl/c1-4-5-12(13)11-8-9(2)6-7-10(11)3/h6-8,12H,4-5H2,1-3H3. The zero-order valence-electron chi connectivity index (χ0n) is 8.60. The lowest BCUT2D eigenvalue weighted by atomic mass is 10.0. The summed E-state index contributed by atoms with van der Waals surface area (Å²) in [6.07, 6.45) is 2.20. The predicted octanol–water partition coefficient (Wildman–Crippen LogP) is 4.38. The van der Waals surface area contributed by atoms with Crippen LogP contribution in [0.3, 0.4) is 0 Å². The van der Waals surface area contributed by atoms with E-state index in [4.69, 9.17) is 11.6 Å². The van der Waals surface area contributed by atoms with Gasteiger partial charge < -0.3 is 0 Å². The monoisotopic (exact) mass is 196 g/mol. The summed E-state index contributed by atoms with van der Waals surface area (Å²) in [7, 11) is 0. The molecule has 0 aliphatic rings. The van der Waals surface area contributed by atoms with Crippen molar-refractivity contribution >= 4 is 11.6 Å². The zero-order chi connectivity index (χ0) is 9.84. The molecular formula is C12H17Cl. The highest BCUT2D eigenvalue weighted by atomic mass is 35.5. The summed E-state index contributed by atoms with van der Waals surface area (Å²) in [5, 5.41) is 0.185. The Morgan fingerprint density at radius 2 is 2.00 bits per heavy atom. The Kier molecular flexibility index (Phi) is 3.80. The van der Waals surface area contributed by atoms with Crippen LogP contribution >= 0.6 is 11.6 Å². The number of benzene rings is 1. The van der Waals surface area contributed by atoms with Crippen LogP contribution in [0.2, 0.25) is 0 Å². The Balaban J connectivity index is 2.91. The topological polar surface area (TPSA) is 0 Å². The van der Waals surface area contributed by atoms with E-state index in [9.17, 15) is 0 Å². The predicted molar refractivity (Wildman–Crippen MR) is 59.4 cm³/mol. The molecule has 0 amide bonds. The Labute approximate surface area is 85.9 Å². The van der Waals surface area contributed by atoms with Gasteiger partial charge >= 0.3 is 0 Å². The zero-order valence-corrected chi connectivity index (χ0v) is 9.36. The first kappa shape index (κ1) is 10.6. The second-order valence-electron chi connectivity index (χ2n) is 3.62. The maximum Gasteiger partial charge on any atom is 0.0587 e. The van der Waals surface area contributed by atoms with Gasteiger partial charge in [0.25, 0.3) is 0 Å². The van der Waals surface area contributed by atoms with Crippen LogP contribution in [0.15, 0.2) is 18.2 Å². The first-order valence-corrected chi connectivity index (χ1v) is 5.30. The fourth-order valence-electron chi connectivity index (χ4n) is 1.51. The van der Waals surface area contributed by atoms with Crippen LogP contribution in [0.4, 0.5) is 0 Å². The van der Waals surface area contributed by atoms with Crippen LogP contribution in [-0.2, 0) is 0 Å². The molecule has 1 atom stereocenters. The molecule has 0 N–H and O–H groups in total. The summed E-state index contributed by atoms with van der Waals surface area (Å²) in [6, 6.07) is 6.48. The Hall–Kier alpha value is -0.490. The molecular weight excluding hydrogens is 180 g/mol. The summed E-state index contributed by atoms with van der Waals surface area (Å²) in [6.45, 7) is 6.40. The molecule has 1 heteroatoms. The van der Waals surface area contributed by atoms with E-state index < -0.39 is 0 Å². The second kappa shape index (κ2) is 4.66. The molecule has 0 aliphatic carbocycles. The summed E-state index contributed by atoms with van der Waals surface area (Å²) >= 11 is 6.28. The van der Waals surface area contributed by atoms with Crippen LogP contribution < -0.4 is 0 Å². The Morgan fingerprint density at radius 1 is 1.31 bits per heavy atom. The number of halogens is 1. The number of hydrogen-bond acceptors (Lipinski definition) is 0. The summed E-state index contributed by atoms with van der Waals surface area (Å²) in [4.78, 5) is 0. The lowest BCUT2D eigenvalue weighted by Crippen LogP contribution is -1.94. The molecule has 0 bridgehead atoms. The van der Waals surface area contributed by atoms with Crippen molar-refractivity contribution in [3.63, 3.8) is 0 Å². The van der Waals surface area contributed by atoms with E-state index in [1.807, 2.05) is 0 Å². The van der Waals surface area contributed by atoms with E-state index in [1.54, 1.807) is 0 Å². The molecule has 1 unspecified atom stereocenters. The third-order valence-corrected chi connectivity index (χ3v) is 2.77. The molecule has 0 fully saturated rings. The van der Waals surface area contributed by atoms with Gasteiger partial charge in [-0.1, -0.05) is 37.1 Å². The Morgan fingerprint density at radius 3 is 2.62 bits per heavy atom. The Bertz CT molecular complexity index is 278. The van der Waals surface area contributed by atoms with E-state index in [0.717, 1.165) is 12.8 Å². The van der Waals surface area contributed by atoms with Gasteiger partial charge in [-0.2, -0.15) is 0 Å². The van der Waals surface area contributed by atoms with Crippen molar-refractivity contribution < 1.29 is 0 Å². The van der Waals surface area contributed by atoms with Crippen molar-refractivity contribution in [3.8, 4) is 0 Å². The average molecular weight is 197 g/mol. The fraction of sp³-hybridized carbons (Fsp3) is 0.500. The van der Waals surface area contributed by atoms with Crippen LogP contribution in [0.5, 0.6) is 0 Å². The molecule has 0 saturated heterocycles. The van der Waals surface area contributed by atoms with Crippen LogP contribution in [-0.4, -0.2) is 0 Å². The first-order valence-electron chi connectivity index (χ1n) is 4.86. The molecule has 0 radical (unpaired) electrons. The van der Waals surface area contributed by atoms with Gasteiger partial charge in [0.1, 0.15) is 0 Å². The lowest BCUT2D eigenvalue weighted by Gasteiger charge is -2.12. The van der Waals surface area contributed by atoms with Crippen LogP contribution in [0.1, 0.15) is 41.8 Å². The molecule has 1 aromatic carbocycles. The van der Waals surface area contributed by atoms with Crippen LogP contribution in [0.25, 0.3) is 0 Å². The minimum Gasteiger partial charge on any atom is -0.118 e. The molecule has 72 valence electrons. The molecule has 0 spiro atoms. The van der Waals surface area contributed by atoms with Gasteiger partial charge in [-0.3, -0.25) is 0 Å². The van der Waals surface area contributed by atoms with Crippen LogP contribution in [0, 0.1) is 13.8 Å². The second-order valence-corrected chi connectivity index (χ2v) is 4.14. The van der Waals surface area contributed by atoms with Gasteiger partial charge in [-0.25, -0.2) is 0 Å². The van der Waals surface area contributed by atoms with Crippen molar-refractivity contribution in [2.75, 3.05) is 0 Å². The summed E-state index contributed by atoms with van der Waals surface area (Å²) in [5.74, 6) is 0. The van der Waals surface area contributed by atoms with E-state index in [1.165, 1.54) is 16.7 Å². The normalized spacial score (nSPS) is 12.9. The van der Waals surface area contributed by atoms with Crippen molar-refractivity contribution in [1.82, 2.24) is 0 Å². The number of alkyl halides is 1. The molecule has 1 aromatic rings. The van der Waals surface area contributed by atoms with Crippen molar-refractivity contribution in [1.29, 1.82) is 0 Å². The average Bonchev–Trinajstić information content (AvgIpc) is 2.09. The minimum absolute atomic E-state index is 0.185. The van der Waals surface area contributed by atoms with Gasteiger partial charge in [-0.05, 0) is 31.4 Å². The number of rotatable bonds is 3. The van der Waals surface area contributed by atoms with Crippen molar-refractivity contribution in [3.05, 3.63) is 34.9 Å². The highest BCUT2D eigenvalue weighted by molar-refractivity contribution is 6.20. The van der Waals surface area contributed by atoms with E-state index >= 15 is 0 Å². The van der Waals surface area contributed by atoms with Gasteiger partial charge in [0.15, 0.2) is 0 Å². The molecule has 13 heavy (non-hydrogen) atoms. The van der Waals surface area contributed by atoms with Crippen molar-refractivity contribution in [2.24, 2.45) is 0 Å². The van der Waals surface area contributed by atoms with Gasteiger partial charge in [0.05, 0.1) is 5.38 Å². The fourth-order valence-corrected chi connectivity index (χ4v) is 1.96. The maximum absolute atomic E-state index is 6.28. The number of aryl methyl sites for hydroxylation is 2. The quantitative estimate of drug-likeness (QED) is 0.630. The molecule has 0 aliphatic heterocycles. The van der Waals surface area contributed by atoms with E-state index in [0.29, 0.717) is 0 Å². The van der Waals surface area contributed by atoms with Gasteiger partial charge in [0.2, 0.25) is 0 Å². The highest BCUT2D eigenvalue weighted by Gasteiger charge is 2.09. The first-order chi connectivity index (χ1) is 6.15. The molecule has 0 heterocycles. The van der Waals surface area contributed by atoms with E-state index in [2.05, 4.69) is 39.0 Å². The number of hydrogen-bond donors (Lipinski definition) is 0. The third kappa shape index (κ3) is 2.73. The lowest BCUT2D eigenvalue weighted by molar-refractivity contribution is 0.766. The third-order valence-electron chi connectivity index (χ3n) is 2.31. The maximum atomic E-state index is 6.28. The largest absolute Gasteiger partial charge is 0.118 e. The SMILES string of the molecule is CCCC(Cl)c1cc(C)ccc1C. The molecule has 0 nitrogen and oxygen atoms in total. The van der Waals surface area contributed by atoms with Gasteiger partial charge in [0, 0.05) is 0 Å². The molecule has 1 rings (SSSR count). The summed E-state index contributed by atoms with van der Waals surface area (Å²) in [5.41, 5.74) is 3.89. The summed E-state index contributed by atoms with van der Waals surface area (Å²) < 4.78 is 0. The minimum atomic E-state index is 0.185. The molecule has 0 saturated carbocycles. The van der Waals surface area contributed by atoms with Gasteiger partial charge in [-0.15, -0.1) is 11.6 Å². The smallest absolute Gasteiger partial charge is 0.0587 e. The van der Waals surface area contributed by atoms with Crippen molar-refractivity contribution in [2.45, 2.75) is 39.0 Å².